The standard InChI is InChI=1S/C14H26O5/c1-9-7-11(19-13(2,3)15-6)17-12(9)10-8-16-14(4,5)18-10/h9-12H,7-8H2,1-6H3/t9-,10?,11+,12-/m0/s1. The minimum Gasteiger partial charge on any atom is -0.354 e. The van der Waals surface area contributed by atoms with E-state index in [9.17, 15) is 0 Å². The van der Waals surface area contributed by atoms with Gasteiger partial charge in [0.05, 0.1) is 12.7 Å². The van der Waals surface area contributed by atoms with Crippen LogP contribution >= 0.6 is 0 Å². The maximum absolute atomic E-state index is 5.98. The zero-order valence-electron chi connectivity index (χ0n) is 12.8. The molecule has 0 N–H and O–H groups in total. The van der Waals surface area contributed by atoms with Gasteiger partial charge in [-0.25, -0.2) is 0 Å². The molecule has 0 aromatic carbocycles. The number of hydrogen-bond donors (Lipinski definition) is 0. The lowest BCUT2D eigenvalue weighted by Crippen LogP contribution is -2.36. The molecule has 4 atom stereocenters. The van der Waals surface area contributed by atoms with Crippen molar-refractivity contribution >= 4 is 0 Å². The Balaban J connectivity index is 1.91. The molecule has 0 radical (unpaired) electrons. The molecule has 2 aliphatic heterocycles. The van der Waals surface area contributed by atoms with Crippen LogP contribution in [0.5, 0.6) is 0 Å². The van der Waals surface area contributed by atoms with Crippen molar-refractivity contribution in [3.05, 3.63) is 0 Å². The minimum absolute atomic E-state index is 0.0134. The van der Waals surface area contributed by atoms with Crippen molar-refractivity contribution < 1.29 is 23.7 Å². The average molecular weight is 274 g/mol. The molecule has 5 heteroatoms. The Bertz CT molecular complexity index is 315. The van der Waals surface area contributed by atoms with Gasteiger partial charge in [0.1, 0.15) is 6.10 Å². The fourth-order valence-electron chi connectivity index (χ4n) is 2.57. The Labute approximate surface area is 115 Å². The molecule has 5 nitrogen and oxygen atoms in total. The lowest BCUT2D eigenvalue weighted by Gasteiger charge is -2.28. The summed E-state index contributed by atoms with van der Waals surface area (Å²) in [5, 5.41) is 0. The van der Waals surface area contributed by atoms with Gasteiger partial charge in [-0.05, 0) is 33.6 Å². The Kier molecular flexibility index (Phi) is 4.23. The van der Waals surface area contributed by atoms with Crippen LogP contribution in [0.4, 0.5) is 0 Å². The van der Waals surface area contributed by atoms with E-state index in [-0.39, 0.29) is 18.5 Å². The van der Waals surface area contributed by atoms with Crippen LogP contribution in [0.2, 0.25) is 0 Å². The van der Waals surface area contributed by atoms with Gasteiger partial charge in [-0.2, -0.15) is 0 Å². The quantitative estimate of drug-likeness (QED) is 0.736. The van der Waals surface area contributed by atoms with Crippen LogP contribution in [0.1, 0.15) is 41.0 Å². The maximum atomic E-state index is 5.98. The second-order valence-corrected chi connectivity index (χ2v) is 6.33. The number of rotatable bonds is 4. The van der Waals surface area contributed by atoms with Crippen LogP contribution in [0.15, 0.2) is 0 Å². The topological polar surface area (TPSA) is 46.2 Å². The highest BCUT2D eigenvalue weighted by molar-refractivity contribution is 4.87. The Hall–Kier alpha value is -0.200. The maximum Gasteiger partial charge on any atom is 0.165 e. The summed E-state index contributed by atoms with van der Waals surface area (Å²) in [4.78, 5) is 0. The molecule has 0 bridgehead atoms. The Morgan fingerprint density at radius 3 is 2.47 bits per heavy atom. The van der Waals surface area contributed by atoms with Crippen LogP contribution in [0.25, 0.3) is 0 Å². The summed E-state index contributed by atoms with van der Waals surface area (Å²) in [5.74, 6) is -0.774. The summed E-state index contributed by atoms with van der Waals surface area (Å²) in [6.45, 7) is 10.3. The fraction of sp³-hybridized carbons (Fsp3) is 1.00. The first-order valence-corrected chi connectivity index (χ1v) is 6.92. The number of methoxy groups -OCH3 is 1. The van der Waals surface area contributed by atoms with E-state index in [1.165, 1.54) is 0 Å². The molecular formula is C14H26O5. The van der Waals surface area contributed by atoms with Crippen LogP contribution in [-0.4, -0.2) is 43.8 Å². The van der Waals surface area contributed by atoms with Crippen LogP contribution in [0.3, 0.4) is 0 Å². The molecule has 0 aromatic rings. The van der Waals surface area contributed by atoms with Crippen LogP contribution < -0.4 is 0 Å². The largest absolute Gasteiger partial charge is 0.354 e. The lowest BCUT2D eigenvalue weighted by molar-refractivity contribution is -0.284. The number of ether oxygens (including phenoxy) is 5. The second kappa shape index (κ2) is 5.30. The molecule has 0 saturated carbocycles. The van der Waals surface area contributed by atoms with Gasteiger partial charge in [0.15, 0.2) is 17.9 Å². The highest BCUT2D eigenvalue weighted by Crippen LogP contribution is 2.36. The zero-order chi connectivity index (χ0) is 14.3. The molecule has 1 unspecified atom stereocenters. The third-order valence-corrected chi connectivity index (χ3v) is 3.74. The smallest absolute Gasteiger partial charge is 0.165 e. The van der Waals surface area contributed by atoms with Crippen LogP contribution in [-0.2, 0) is 23.7 Å². The molecule has 0 amide bonds. The molecule has 112 valence electrons. The number of hydrogen-bond acceptors (Lipinski definition) is 5. The molecule has 2 fully saturated rings. The first-order chi connectivity index (χ1) is 8.72. The summed E-state index contributed by atoms with van der Waals surface area (Å²) in [6.07, 6.45) is 0.587. The molecule has 2 rings (SSSR count). The molecule has 0 spiro atoms. The predicted octanol–water partition coefficient (Wildman–Crippen LogP) is 2.29. The third kappa shape index (κ3) is 3.67. The van der Waals surface area contributed by atoms with E-state index < -0.39 is 11.6 Å². The monoisotopic (exact) mass is 274 g/mol. The van der Waals surface area contributed by atoms with Gasteiger partial charge in [0.25, 0.3) is 0 Å². The van der Waals surface area contributed by atoms with Gasteiger partial charge in [0, 0.05) is 13.5 Å². The van der Waals surface area contributed by atoms with Gasteiger partial charge < -0.3 is 23.7 Å². The Morgan fingerprint density at radius 1 is 1.26 bits per heavy atom. The molecular weight excluding hydrogens is 248 g/mol. The van der Waals surface area contributed by atoms with Gasteiger partial charge in [-0.3, -0.25) is 0 Å². The van der Waals surface area contributed by atoms with E-state index in [2.05, 4.69) is 6.92 Å². The normalized spacial score (nSPS) is 38.8. The zero-order valence-corrected chi connectivity index (χ0v) is 12.8. The first-order valence-electron chi connectivity index (χ1n) is 6.92. The van der Waals surface area contributed by atoms with Gasteiger partial charge in [0.2, 0.25) is 0 Å². The highest BCUT2D eigenvalue weighted by Gasteiger charge is 2.45. The molecule has 2 saturated heterocycles. The molecule has 2 aliphatic rings. The van der Waals surface area contributed by atoms with E-state index in [0.29, 0.717) is 12.5 Å². The van der Waals surface area contributed by atoms with E-state index >= 15 is 0 Å². The average Bonchev–Trinajstić information content (AvgIpc) is 2.81. The first kappa shape index (κ1) is 15.2. The lowest BCUT2D eigenvalue weighted by atomic mass is 9.99. The van der Waals surface area contributed by atoms with E-state index in [0.717, 1.165) is 6.42 Å². The summed E-state index contributed by atoms with van der Waals surface area (Å²) >= 11 is 0. The summed E-state index contributed by atoms with van der Waals surface area (Å²) in [6, 6.07) is 0. The SMILES string of the molecule is COC(C)(C)O[C@@H]1C[C@H](C)[C@@H](C2COC(C)(C)O2)O1. The second-order valence-electron chi connectivity index (χ2n) is 6.33. The fourth-order valence-corrected chi connectivity index (χ4v) is 2.57. The minimum atomic E-state index is -0.633. The molecule has 0 aromatic heterocycles. The van der Waals surface area contributed by atoms with Crippen molar-refractivity contribution in [3.8, 4) is 0 Å². The molecule has 19 heavy (non-hydrogen) atoms. The van der Waals surface area contributed by atoms with Crippen molar-refractivity contribution in [1.29, 1.82) is 0 Å². The third-order valence-electron chi connectivity index (χ3n) is 3.74. The van der Waals surface area contributed by atoms with Crippen molar-refractivity contribution in [1.82, 2.24) is 0 Å². The van der Waals surface area contributed by atoms with Crippen molar-refractivity contribution in [2.75, 3.05) is 13.7 Å². The van der Waals surface area contributed by atoms with Gasteiger partial charge in [-0.15, -0.1) is 0 Å². The van der Waals surface area contributed by atoms with Crippen molar-refractivity contribution in [2.24, 2.45) is 5.92 Å². The van der Waals surface area contributed by atoms with Gasteiger partial charge in [-0.1, -0.05) is 6.92 Å². The Morgan fingerprint density at radius 2 is 1.95 bits per heavy atom. The van der Waals surface area contributed by atoms with E-state index in [1.54, 1.807) is 7.11 Å². The van der Waals surface area contributed by atoms with E-state index in [1.807, 2.05) is 27.7 Å². The highest BCUT2D eigenvalue weighted by atomic mass is 16.8. The van der Waals surface area contributed by atoms with Gasteiger partial charge >= 0.3 is 0 Å². The van der Waals surface area contributed by atoms with Crippen LogP contribution in [0, 0.1) is 5.92 Å². The van der Waals surface area contributed by atoms with E-state index in [4.69, 9.17) is 23.7 Å². The van der Waals surface area contributed by atoms with Crippen molar-refractivity contribution in [2.45, 2.75) is 71.1 Å². The predicted molar refractivity (Wildman–Crippen MR) is 69.5 cm³/mol. The summed E-state index contributed by atoms with van der Waals surface area (Å²) in [5.41, 5.74) is 0. The summed E-state index contributed by atoms with van der Waals surface area (Å²) in [7, 11) is 1.63. The van der Waals surface area contributed by atoms with Crippen molar-refractivity contribution in [3.63, 3.8) is 0 Å². The molecule has 2 heterocycles. The molecule has 0 aliphatic carbocycles. The summed E-state index contributed by atoms with van der Waals surface area (Å²) < 4.78 is 28.5.